The maximum atomic E-state index is 6.11. The lowest BCUT2D eigenvalue weighted by molar-refractivity contribution is 0.0706. The van der Waals surface area contributed by atoms with Gasteiger partial charge in [-0.05, 0) is 36.8 Å². The minimum absolute atomic E-state index is 0.274. The van der Waals surface area contributed by atoms with E-state index in [-0.39, 0.29) is 5.41 Å². The van der Waals surface area contributed by atoms with E-state index in [1.807, 2.05) is 6.07 Å². The number of nitrogens with zero attached hydrogens (tertiary/aromatic N) is 3. The van der Waals surface area contributed by atoms with Gasteiger partial charge in [-0.15, -0.1) is 0 Å². The molecule has 1 aliphatic rings. The van der Waals surface area contributed by atoms with Crippen LogP contribution in [0.1, 0.15) is 46.1 Å². The molecule has 2 aromatic rings. The summed E-state index contributed by atoms with van der Waals surface area (Å²) in [6, 6.07) is 3.99. The standard InChI is InChI=1S/C18H27ClN4O2/c1-18(2,3)8-11-25-12-20-17-21-14-4-5-15(19)22-16(14)23(17)13-6-9-24-10-7-13/h4-5,13H,6-12H2,1-3H3,(H,20,21). The summed E-state index contributed by atoms with van der Waals surface area (Å²) in [5.74, 6) is 0.785. The van der Waals surface area contributed by atoms with Crippen LogP contribution in [0, 0.1) is 5.41 Å². The van der Waals surface area contributed by atoms with Crippen molar-refractivity contribution in [1.29, 1.82) is 0 Å². The van der Waals surface area contributed by atoms with Gasteiger partial charge >= 0.3 is 0 Å². The molecule has 25 heavy (non-hydrogen) atoms. The lowest BCUT2D eigenvalue weighted by Crippen LogP contribution is -2.22. The van der Waals surface area contributed by atoms with Gasteiger partial charge in [0, 0.05) is 25.9 Å². The third-order valence-corrected chi connectivity index (χ3v) is 4.60. The molecule has 0 unspecified atom stereocenters. The van der Waals surface area contributed by atoms with Crippen molar-refractivity contribution in [3.05, 3.63) is 17.3 Å². The summed E-state index contributed by atoms with van der Waals surface area (Å²) in [6.07, 6.45) is 2.90. The number of hydrogen-bond acceptors (Lipinski definition) is 5. The highest BCUT2D eigenvalue weighted by atomic mass is 35.5. The van der Waals surface area contributed by atoms with Crippen molar-refractivity contribution in [2.45, 2.75) is 46.1 Å². The molecule has 7 heteroatoms. The van der Waals surface area contributed by atoms with Crippen LogP contribution in [0.4, 0.5) is 5.95 Å². The first-order chi connectivity index (χ1) is 11.9. The van der Waals surface area contributed by atoms with E-state index in [4.69, 9.17) is 21.1 Å². The van der Waals surface area contributed by atoms with Crippen LogP contribution in [0.2, 0.25) is 5.15 Å². The first kappa shape index (κ1) is 18.4. The Morgan fingerprint density at radius 1 is 1.28 bits per heavy atom. The lowest BCUT2D eigenvalue weighted by Gasteiger charge is -2.25. The molecule has 0 radical (unpaired) electrons. The van der Waals surface area contributed by atoms with Gasteiger partial charge in [0.1, 0.15) is 17.4 Å². The molecular weight excluding hydrogens is 340 g/mol. The van der Waals surface area contributed by atoms with Crippen LogP contribution in [-0.2, 0) is 9.47 Å². The quantitative estimate of drug-likeness (QED) is 0.470. The molecule has 0 saturated carbocycles. The number of aromatic nitrogens is 3. The highest BCUT2D eigenvalue weighted by Crippen LogP contribution is 2.30. The number of anilines is 1. The molecule has 1 N–H and O–H groups in total. The van der Waals surface area contributed by atoms with Crippen LogP contribution in [0.5, 0.6) is 0 Å². The zero-order valence-corrected chi connectivity index (χ0v) is 16.0. The number of pyridine rings is 1. The Kier molecular flexibility index (Phi) is 5.81. The Hall–Kier alpha value is -1.37. The summed E-state index contributed by atoms with van der Waals surface area (Å²) in [5.41, 5.74) is 1.93. The maximum Gasteiger partial charge on any atom is 0.207 e. The number of fused-ring (bicyclic) bond motifs is 1. The van der Waals surface area contributed by atoms with Crippen molar-refractivity contribution in [2.75, 3.05) is 31.9 Å². The van der Waals surface area contributed by atoms with Gasteiger partial charge in [0.05, 0.1) is 0 Å². The first-order valence-corrected chi connectivity index (χ1v) is 9.26. The summed E-state index contributed by atoms with van der Waals surface area (Å²) in [6.45, 7) is 9.30. The first-order valence-electron chi connectivity index (χ1n) is 8.88. The number of rotatable bonds is 6. The second-order valence-corrected chi connectivity index (χ2v) is 8.05. The van der Waals surface area contributed by atoms with Crippen molar-refractivity contribution in [2.24, 2.45) is 5.41 Å². The van der Waals surface area contributed by atoms with E-state index in [9.17, 15) is 0 Å². The fourth-order valence-electron chi connectivity index (χ4n) is 2.93. The number of imidazole rings is 1. The molecule has 0 aliphatic carbocycles. The van der Waals surface area contributed by atoms with Gasteiger partial charge in [-0.25, -0.2) is 9.97 Å². The molecule has 6 nitrogen and oxygen atoms in total. The molecule has 0 bridgehead atoms. The normalized spacial score (nSPS) is 16.5. The van der Waals surface area contributed by atoms with E-state index in [0.717, 1.165) is 56.2 Å². The van der Waals surface area contributed by atoms with Crippen molar-refractivity contribution in [3.8, 4) is 0 Å². The molecule has 1 aliphatic heterocycles. The molecule has 0 amide bonds. The van der Waals surface area contributed by atoms with Crippen molar-refractivity contribution >= 4 is 28.7 Å². The third-order valence-electron chi connectivity index (χ3n) is 4.39. The van der Waals surface area contributed by atoms with E-state index >= 15 is 0 Å². The van der Waals surface area contributed by atoms with Gasteiger partial charge in [0.2, 0.25) is 5.95 Å². The summed E-state index contributed by atoms with van der Waals surface area (Å²) in [5, 5.41) is 3.79. The second-order valence-electron chi connectivity index (χ2n) is 7.67. The summed E-state index contributed by atoms with van der Waals surface area (Å²) >= 11 is 6.11. The molecule has 1 fully saturated rings. The van der Waals surface area contributed by atoms with Gasteiger partial charge in [-0.1, -0.05) is 32.4 Å². The van der Waals surface area contributed by atoms with Crippen LogP contribution in [0.15, 0.2) is 12.1 Å². The molecule has 1 saturated heterocycles. The zero-order valence-electron chi connectivity index (χ0n) is 15.2. The van der Waals surface area contributed by atoms with Gasteiger partial charge in [-0.3, -0.25) is 4.57 Å². The predicted octanol–water partition coefficient (Wildman–Crippen LogP) is 4.26. The molecule has 3 heterocycles. The van der Waals surface area contributed by atoms with Gasteiger partial charge in [0.25, 0.3) is 0 Å². The van der Waals surface area contributed by atoms with Crippen molar-refractivity contribution in [1.82, 2.24) is 14.5 Å². The van der Waals surface area contributed by atoms with E-state index in [1.54, 1.807) is 6.07 Å². The zero-order chi connectivity index (χ0) is 17.9. The Labute approximate surface area is 153 Å². The highest BCUT2D eigenvalue weighted by Gasteiger charge is 2.22. The smallest absolute Gasteiger partial charge is 0.207 e. The van der Waals surface area contributed by atoms with Gasteiger partial charge < -0.3 is 14.8 Å². The Balaban J connectivity index is 1.74. The third kappa shape index (κ3) is 4.84. The fraction of sp³-hybridized carbons (Fsp3) is 0.667. The minimum Gasteiger partial charge on any atom is -0.381 e. The van der Waals surface area contributed by atoms with E-state index in [1.165, 1.54) is 0 Å². The number of nitrogens with one attached hydrogen (secondary N) is 1. The monoisotopic (exact) mass is 366 g/mol. The average Bonchev–Trinajstić information content (AvgIpc) is 2.91. The SMILES string of the molecule is CC(C)(C)CCOCNc1nc2ccc(Cl)nc2n1C1CCOCC1. The maximum absolute atomic E-state index is 6.11. The molecule has 2 aromatic heterocycles. The molecule has 0 atom stereocenters. The molecule has 0 aromatic carbocycles. The highest BCUT2D eigenvalue weighted by molar-refractivity contribution is 6.29. The van der Waals surface area contributed by atoms with Crippen molar-refractivity contribution in [3.63, 3.8) is 0 Å². The van der Waals surface area contributed by atoms with Crippen LogP contribution in [-0.4, -0.2) is 41.1 Å². The van der Waals surface area contributed by atoms with Gasteiger partial charge in [-0.2, -0.15) is 0 Å². The number of ether oxygens (including phenoxy) is 2. The van der Waals surface area contributed by atoms with Crippen LogP contribution >= 0.6 is 11.6 Å². The summed E-state index contributed by atoms with van der Waals surface area (Å²) < 4.78 is 13.4. The van der Waals surface area contributed by atoms with Crippen LogP contribution < -0.4 is 5.32 Å². The Morgan fingerprint density at radius 2 is 2.04 bits per heavy atom. The summed E-state index contributed by atoms with van der Waals surface area (Å²) in [7, 11) is 0. The molecule has 0 spiro atoms. The summed E-state index contributed by atoms with van der Waals surface area (Å²) in [4.78, 5) is 9.18. The lowest BCUT2D eigenvalue weighted by atomic mass is 9.93. The number of halogens is 1. The van der Waals surface area contributed by atoms with E-state index in [0.29, 0.717) is 17.9 Å². The Bertz CT molecular complexity index is 705. The Morgan fingerprint density at radius 3 is 2.76 bits per heavy atom. The largest absolute Gasteiger partial charge is 0.381 e. The molecule has 3 rings (SSSR count). The van der Waals surface area contributed by atoms with E-state index < -0.39 is 0 Å². The average molecular weight is 367 g/mol. The van der Waals surface area contributed by atoms with Gasteiger partial charge in [0.15, 0.2) is 5.65 Å². The van der Waals surface area contributed by atoms with E-state index in [2.05, 4.69) is 40.6 Å². The molecule has 138 valence electrons. The predicted molar refractivity (Wildman–Crippen MR) is 100 cm³/mol. The minimum atomic E-state index is 0.274. The molecular formula is C18H27ClN4O2. The van der Waals surface area contributed by atoms with Crippen LogP contribution in [0.25, 0.3) is 11.2 Å². The van der Waals surface area contributed by atoms with Crippen molar-refractivity contribution < 1.29 is 9.47 Å². The second kappa shape index (κ2) is 7.89. The fourth-order valence-corrected chi connectivity index (χ4v) is 3.07. The number of hydrogen-bond donors (Lipinski definition) is 1. The topological polar surface area (TPSA) is 61.2 Å². The van der Waals surface area contributed by atoms with Crippen LogP contribution in [0.3, 0.4) is 0 Å².